The predicted octanol–water partition coefficient (Wildman–Crippen LogP) is 2.11. The first-order valence-electron chi connectivity index (χ1n) is 4.09. The number of aryl methyl sites for hydroxylation is 1. The minimum atomic E-state index is -1.02. The van der Waals surface area contributed by atoms with Crippen molar-refractivity contribution in [3.05, 3.63) is 28.8 Å². The predicted molar refractivity (Wildman–Crippen MR) is 54.7 cm³/mol. The Morgan fingerprint density at radius 1 is 1.64 bits per heavy atom. The van der Waals surface area contributed by atoms with Crippen LogP contribution in [0.25, 0.3) is 0 Å². The van der Waals surface area contributed by atoms with Gasteiger partial charge in [-0.05, 0) is 24.1 Å². The molecule has 0 radical (unpaired) electrons. The Labute approximate surface area is 87.4 Å². The minimum absolute atomic E-state index is 0.143. The summed E-state index contributed by atoms with van der Waals surface area (Å²) in [5.41, 5.74) is 1.37. The van der Waals surface area contributed by atoms with Crippen LogP contribution in [0.1, 0.15) is 28.4 Å². The van der Waals surface area contributed by atoms with E-state index in [1.807, 2.05) is 13.0 Å². The van der Waals surface area contributed by atoms with E-state index in [4.69, 9.17) is 10.4 Å². The summed E-state index contributed by atoms with van der Waals surface area (Å²) in [5.74, 6) is -1.02. The van der Waals surface area contributed by atoms with Crippen molar-refractivity contribution in [1.29, 1.82) is 5.26 Å². The van der Waals surface area contributed by atoms with Crippen LogP contribution in [-0.4, -0.2) is 11.1 Å². The molecule has 0 fully saturated rings. The number of hydrogen-bond donors (Lipinski definition) is 2. The van der Waals surface area contributed by atoms with Gasteiger partial charge < -0.3 is 5.11 Å². The molecule has 0 aliphatic rings. The van der Waals surface area contributed by atoms with Gasteiger partial charge in [-0.25, -0.2) is 4.79 Å². The third-order valence-electron chi connectivity index (χ3n) is 1.95. The van der Waals surface area contributed by atoms with E-state index < -0.39 is 5.97 Å². The third-order valence-corrected chi connectivity index (χ3v) is 2.32. The van der Waals surface area contributed by atoms with Gasteiger partial charge in [0.25, 0.3) is 0 Å². The van der Waals surface area contributed by atoms with Crippen LogP contribution >= 0.6 is 12.6 Å². The molecule has 0 spiro atoms. The molecule has 0 aliphatic carbocycles. The Balaban J connectivity index is 3.39. The molecule has 1 rings (SSSR count). The van der Waals surface area contributed by atoms with Crippen LogP contribution in [0.2, 0.25) is 0 Å². The second kappa shape index (κ2) is 4.16. The zero-order chi connectivity index (χ0) is 10.7. The second-order valence-corrected chi connectivity index (χ2v) is 3.28. The maximum absolute atomic E-state index is 10.8. The fourth-order valence-electron chi connectivity index (χ4n) is 1.20. The van der Waals surface area contributed by atoms with Crippen LogP contribution in [0.5, 0.6) is 0 Å². The molecule has 0 amide bonds. The zero-order valence-electron chi connectivity index (χ0n) is 7.61. The Morgan fingerprint density at radius 2 is 2.29 bits per heavy atom. The van der Waals surface area contributed by atoms with Crippen molar-refractivity contribution in [2.75, 3.05) is 0 Å². The summed E-state index contributed by atoms with van der Waals surface area (Å²) in [6.07, 6.45) is 0.636. The van der Waals surface area contributed by atoms with E-state index in [0.29, 0.717) is 16.9 Å². The molecule has 4 heteroatoms. The Bertz CT molecular complexity index is 421. The third kappa shape index (κ3) is 1.88. The normalized spacial score (nSPS) is 9.50. The monoisotopic (exact) mass is 207 g/mol. The highest BCUT2D eigenvalue weighted by atomic mass is 32.1. The quantitative estimate of drug-likeness (QED) is 0.730. The largest absolute Gasteiger partial charge is 0.478 e. The standard InChI is InChI=1S/C10H9NO2S/c1-2-6-3-8(10(12)13)9(14)4-7(6)5-11/h3-4,14H,2H2,1H3,(H,12,13). The molecule has 0 saturated heterocycles. The number of carboxylic acid groups (broad SMARTS) is 1. The highest BCUT2D eigenvalue weighted by Crippen LogP contribution is 2.20. The van der Waals surface area contributed by atoms with Crippen molar-refractivity contribution in [3.63, 3.8) is 0 Å². The molecule has 0 bridgehead atoms. The van der Waals surface area contributed by atoms with E-state index in [1.54, 1.807) is 0 Å². The van der Waals surface area contributed by atoms with Crippen molar-refractivity contribution in [1.82, 2.24) is 0 Å². The van der Waals surface area contributed by atoms with Crippen molar-refractivity contribution in [2.24, 2.45) is 0 Å². The van der Waals surface area contributed by atoms with Gasteiger partial charge in [0.1, 0.15) is 0 Å². The highest BCUT2D eigenvalue weighted by Gasteiger charge is 2.11. The van der Waals surface area contributed by atoms with Gasteiger partial charge in [0.05, 0.1) is 17.2 Å². The summed E-state index contributed by atoms with van der Waals surface area (Å²) in [5, 5.41) is 17.6. The lowest BCUT2D eigenvalue weighted by Crippen LogP contribution is -2.01. The van der Waals surface area contributed by atoms with Crippen molar-refractivity contribution in [3.8, 4) is 6.07 Å². The van der Waals surface area contributed by atoms with Crippen molar-refractivity contribution >= 4 is 18.6 Å². The maximum atomic E-state index is 10.8. The average Bonchev–Trinajstić information content (AvgIpc) is 2.16. The second-order valence-electron chi connectivity index (χ2n) is 2.80. The van der Waals surface area contributed by atoms with Gasteiger partial charge in [-0.1, -0.05) is 6.92 Å². The summed E-state index contributed by atoms with van der Waals surface area (Å²) in [7, 11) is 0. The number of thiol groups is 1. The van der Waals surface area contributed by atoms with Crippen LogP contribution < -0.4 is 0 Å². The summed E-state index contributed by atoms with van der Waals surface area (Å²) >= 11 is 4.02. The lowest BCUT2D eigenvalue weighted by atomic mass is 10.0. The molecule has 0 atom stereocenters. The van der Waals surface area contributed by atoms with Crippen LogP contribution in [0.4, 0.5) is 0 Å². The number of nitrogens with zero attached hydrogens (tertiary/aromatic N) is 1. The molecule has 0 saturated carbocycles. The number of nitriles is 1. The van der Waals surface area contributed by atoms with E-state index in [-0.39, 0.29) is 5.56 Å². The summed E-state index contributed by atoms with van der Waals surface area (Å²) < 4.78 is 0. The Morgan fingerprint density at radius 3 is 2.71 bits per heavy atom. The fourth-order valence-corrected chi connectivity index (χ4v) is 1.49. The number of aromatic carboxylic acids is 1. The highest BCUT2D eigenvalue weighted by molar-refractivity contribution is 7.80. The van der Waals surface area contributed by atoms with Crippen LogP contribution in [0.3, 0.4) is 0 Å². The molecule has 1 aromatic rings. The average molecular weight is 207 g/mol. The maximum Gasteiger partial charge on any atom is 0.336 e. The number of rotatable bonds is 2. The molecule has 0 aromatic heterocycles. The summed E-state index contributed by atoms with van der Waals surface area (Å²) in [6, 6.07) is 5.01. The lowest BCUT2D eigenvalue weighted by molar-refractivity contribution is 0.0693. The first-order valence-corrected chi connectivity index (χ1v) is 4.54. The van der Waals surface area contributed by atoms with Gasteiger partial charge in [0.15, 0.2) is 0 Å². The Hall–Kier alpha value is -1.47. The summed E-state index contributed by atoms with van der Waals surface area (Å²) in [4.78, 5) is 11.1. The summed E-state index contributed by atoms with van der Waals surface area (Å²) in [6.45, 7) is 1.87. The van der Waals surface area contributed by atoms with E-state index in [9.17, 15) is 4.79 Å². The molecular formula is C10H9NO2S. The van der Waals surface area contributed by atoms with Gasteiger partial charge in [-0.2, -0.15) is 5.26 Å². The SMILES string of the molecule is CCc1cc(C(=O)O)c(S)cc1C#N. The topological polar surface area (TPSA) is 61.1 Å². The van der Waals surface area contributed by atoms with Gasteiger partial charge >= 0.3 is 5.97 Å². The van der Waals surface area contributed by atoms with E-state index in [0.717, 1.165) is 5.56 Å². The number of hydrogen-bond acceptors (Lipinski definition) is 3. The number of benzene rings is 1. The van der Waals surface area contributed by atoms with E-state index in [1.165, 1.54) is 12.1 Å². The van der Waals surface area contributed by atoms with Crippen LogP contribution in [-0.2, 0) is 6.42 Å². The minimum Gasteiger partial charge on any atom is -0.478 e. The molecule has 0 unspecified atom stereocenters. The van der Waals surface area contributed by atoms with Crippen molar-refractivity contribution in [2.45, 2.75) is 18.2 Å². The van der Waals surface area contributed by atoms with Gasteiger partial charge in [-0.3, -0.25) is 0 Å². The molecule has 0 aliphatic heterocycles. The Kier molecular flexibility index (Phi) is 3.15. The fraction of sp³-hybridized carbons (Fsp3) is 0.200. The van der Waals surface area contributed by atoms with Gasteiger partial charge in [-0.15, -0.1) is 12.6 Å². The van der Waals surface area contributed by atoms with Gasteiger partial charge in [0, 0.05) is 4.90 Å². The van der Waals surface area contributed by atoms with Crippen molar-refractivity contribution < 1.29 is 9.90 Å². The van der Waals surface area contributed by atoms with E-state index in [2.05, 4.69) is 12.6 Å². The number of carboxylic acids is 1. The molecule has 0 heterocycles. The first-order chi connectivity index (χ1) is 6.60. The molecule has 72 valence electrons. The molecular weight excluding hydrogens is 198 g/mol. The van der Waals surface area contributed by atoms with Crippen LogP contribution in [0, 0.1) is 11.3 Å². The molecule has 1 N–H and O–H groups in total. The first kappa shape index (κ1) is 10.6. The molecule has 3 nitrogen and oxygen atoms in total. The van der Waals surface area contributed by atoms with Crippen LogP contribution in [0.15, 0.2) is 17.0 Å². The van der Waals surface area contributed by atoms with E-state index >= 15 is 0 Å². The zero-order valence-corrected chi connectivity index (χ0v) is 8.51. The number of carbonyl (C=O) groups is 1. The molecule has 1 aromatic carbocycles. The lowest BCUT2D eigenvalue weighted by Gasteiger charge is -2.05. The smallest absolute Gasteiger partial charge is 0.336 e. The van der Waals surface area contributed by atoms with Gasteiger partial charge in [0.2, 0.25) is 0 Å². The molecule has 14 heavy (non-hydrogen) atoms.